The molecule has 0 amide bonds. The van der Waals surface area contributed by atoms with E-state index in [0.717, 1.165) is 12.8 Å². The molecule has 4 nitrogen and oxygen atoms in total. The summed E-state index contributed by atoms with van der Waals surface area (Å²) < 4.78 is 5.27. The Morgan fingerprint density at radius 1 is 1.57 bits per heavy atom. The summed E-state index contributed by atoms with van der Waals surface area (Å²) in [4.78, 5) is 11.3. The van der Waals surface area contributed by atoms with E-state index in [1.807, 2.05) is 13.8 Å². The lowest BCUT2D eigenvalue weighted by Gasteiger charge is -2.29. The fourth-order valence-electron chi connectivity index (χ4n) is 1.78. The zero-order valence-corrected chi connectivity index (χ0v) is 8.88. The summed E-state index contributed by atoms with van der Waals surface area (Å²) in [5.74, 6) is -0.540. The highest BCUT2D eigenvalue weighted by Gasteiger charge is 2.50. The van der Waals surface area contributed by atoms with Crippen molar-refractivity contribution in [2.24, 2.45) is 5.92 Å². The fourth-order valence-corrected chi connectivity index (χ4v) is 1.78. The Hall–Kier alpha value is -0.610. The number of hydrogen-bond donors (Lipinski definition) is 2. The molecule has 1 unspecified atom stereocenters. The van der Waals surface area contributed by atoms with Crippen LogP contribution in [0, 0.1) is 5.92 Å². The fraction of sp³-hybridized carbons (Fsp3) is 0.900. The van der Waals surface area contributed by atoms with Crippen LogP contribution in [0.25, 0.3) is 0 Å². The van der Waals surface area contributed by atoms with Gasteiger partial charge in [-0.05, 0) is 32.2 Å². The third kappa shape index (κ3) is 2.25. The van der Waals surface area contributed by atoms with Crippen LogP contribution in [0.1, 0.15) is 26.7 Å². The van der Waals surface area contributed by atoms with Crippen LogP contribution in [0.2, 0.25) is 0 Å². The number of carboxylic acid groups (broad SMARTS) is 1. The number of aliphatic carboxylic acids is 1. The zero-order valence-electron chi connectivity index (χ0n) is 8.88. The standard InChI is InChI=1S/C10H19NO3/c1-3-11-10(9(12)13,7-14-4-2)8-5-6-8/h8,11H,3-7H2,1-2H3,(H,12,13). The van der Waals surface area contributed by atoms with E-state index in [4.69, 9.17) is 4.74 Å². The summed E-state index contributed by atoms with van der Waals surface area (Å²) in [5, 5.41) is 12.3. The molecule has 1 saturated carbocycles. The lowest BCUT2D eigenvalue weighted by atomic mass is 9.94. The van der Waals surface area contributed by atoms with E-state index >= 15 is 0 Å². The van der Waals surface area contributed by atoms with Gasteiger partial charge >= 0.3 is 5.97 Å². The van der Waals surface area contributed by atoms with Gasteiger partial charge in [-0.15, -0.1) is 0 Å². The lowest BCUT2D eigenvalue weighted by molar-refractivity contribution is -0.149. The summed E-state index contributed by atoms with van der Waals surface area (Å²) in [6.07, 6.45) is 1.98. The van der Waals surface area contributed by atoms with Crippen molar-refractivity contribution in [3.8, 4) is 0 Å². The van der Waals surface area contributed by atoms with Crippen molar-refractivity contribution in [1.29, 1.82) is 0 Å². The molecule has 1 aliphatic carbocycles. The monoisotopic (exact) mass is 201 g/mol. The minimum atomic E-state index is -0.842. The number of carbonyl (C=O) groups is 1. The number of rotatable bonds is 7. The molecule has 82 valence electrons. The van der Waals surface area contributed by atoms with Crippen LogP contribution < -0.4 is 5.32 Å². The molecule has 0 radical (unpaired) electrons. The smallest absolute Gasteiger partial charge is 0.326 e. The molecule has 0 spiro atoms. The van der Waals surface area contributed by atoms with E-state index in [1.54, 1.807) is 0 Å². The molecule has 0 aromatic carbocycles. The van der Waals surface area contributed by atoms with Crippen LogP contribution in [0.15, 0.2) is 0 Å². The van der Waals surface area contributed by atoms with E-state index in [0.29, 0.717) is 13.2 Å². The first-order valence-corrected chi connectivity index (χ1v) is 5.23. The van der Waals surface area contributed by atoms with Crippen molar-refractivity contribution in [3.05, 3.63) is 0 Å². The van der Waals surface area contributed by atoms with E-state index in [2.05, 4.69) is 5.32 Å². The van der Waals surface area contributed by atoms with E-state index < -0.39 is 11.5 Å². The number of ether oxygens (including phenoxy) is 1. The molecule has 0 heterocycles. The van der Waals surface area contributed by atoms with Gasteiger partial charge in [0.15, 0.2) is 0 Å². The molecular formula is C10H19NO3. The highest BCUT2D eigenvalue weighted by Crippen LogP contribution is 2.40. The Balaban J connectivity index is 2.67. The maximum atomic E-state index is 11.3. The normalized spacial score (nSPS) is 20.4. The highest BCUT2D eigenvalue weighted by molar-refractivity contribution is 5.80. The van der Waals surface area contributed by atoms with Crippen molar-refractivity contribution >= 4 is 5.97 Å². The van der Waals surface area contributed by atoms with Crippen LogP contribution in [-0.4, -0.2) is 36.4 Å². The number of carboxylic acids is 1. The second-order valence-electron chi connectivity index (χ2n) is 3.72. The highest BCUT2D eigenvalue weighted by atomic mass is 16.5. The molecule has 0 aliphatic heterocycles. The SMILES string of the molecule is CCNC(COCC)(C(=O)O)C1CC1. The average Bonchev–Trinajstić information content (AvgIpc) is 2.95. The van der Waals surface area contributed by atoms with E-state index in [9.17, 15) is 9.90 Å². The van der Waals surface area contributed by atoms with Crippen LogP contribution in [0.5, 0.6) is 0 Å². The quantitative estimate of drug-likeness (QED) is 0.641. The van der Waals surface area contributed by atoms with Crippen molar-refractivity contribution in [3.63, 3.8) is 0 Å². The summed E-state index contributed by atoms with van der Waals surface area (Å²) in [7, 11) is 0. The summed E-state index contributed by atoms with van der Waals surface area (Å²) in [5.41, 5.74) is -0.842. The first-order valence-electron chi connectivity index (χ1n) is 5.23. The van der Waals surface area contributed by atoms with Crippen LogP contribution in [-0.2, 0) is 9.53 Å². The number of nitrogens with one attached hydrogen (secondary N) is 1. The van der Waals surface area contributed by atoms with Crippen molar-refractivity contribution in [2.45, 2.75) is 32.2 Å². The lowest BCUT2D eigenvalue weighted by Crippen LogP contribution is -2.57. The van der Waals surface area contributed by atoms with Gasteiger partial charge in [0.25, 0.3) is 0 Å². The van der Waals surface area contributed by atoms with Gasteiger partial charge in [-0.25, -0.2) is 0 Å². The Kier molecular flexibility index (Phi) is 3.89. The molecule has 1 aliphatic rings. The minimum Gasteiger partial charge on any atom is -0.480 e. The van der Waals surface area contributed by atoms with Crippen LogP contribution in [0.3, 0.4) is 0 Å². The third-order valence-corrected chi connectivity index (χ3v) is 2.68. The molecule has 0 aromatic heterocycles. The van der Waals surface area contributed by atoms with Crippen molar-refractivity contribution in [1.82, 2.24) is 5.32 Å². The van der Waals surface area contributed by atoms with Gasteiger partial charge in [-0.3, -0.25) is 10.1 Å². The predicted octanol–water partition coefficient (Wildman–Crippen LogP) is 0.866. The van der Waals surface area contributed by atoms with E-state index in [-0.39, 0.29) is 12.5 Å². The summed E-state index contributed by atoms with van der Waals surface area (Å²) >= 11 is 0. The largest absolute Gasteiger partial charge is 0.480 e. The second kappa shape index (κ2) is 4.75. The van der Waals surface area contributed by atoms with Crippen LogP contribution in [0.4, 0.5) is 0 Å². The van der Waals surface area contributed by atoms with Gasteiger partial charge in [-0.2, -0.15) is 0 Å². The van der Waals surface area contributed by atoms with Gasteiger partial charge in [-0.1, -0.05) is 6.92 Å². The summed E-state index contributed by atoms with van der Waals surface area (Å²) in [6.45, 7) is 5.30. The van der Waals surface area contributed by atoms with Gasteiger partial charge in [0, 0.05) is 6.61 Å². The first kappa shape index (κ1) is 11.5. The van der Waals surface area contributed by atoms with Gasteiger partial charge in [0.05, 0.1) is 6.61 Å². The summed E-state index contributed by atoms with van der Waals surface area (Å²) in [6, 6.07) is 0. The Morgan fingerprint density at radius 3 is 2.57 bits per heavy atom. The molecule has 14 heavy (non-hydrogen) atoms. The average molecular weight is 201 g/mol. The second-order valence-corrected chi connectivity index (χ2v) is 3.72. The molecule has 0 saturated heterocycles. The molecule has 2 N–H and O–H groups in total. The number of likely N-dealkylation sites (N-methyl/N-ethyl adjacent to an activating group) is 1. The van der Waals surface area contributed by atoms with Crippen molar-refractivity contribution < 1.29 is 14.6 Å². The predicted molar refractivity (Wildman–Crippen MR) is 53.3 cm³/mol. The maximum absolute atomic E-state index is 11.3. The molecular weight excluding hydrogens is 182 g/mol. The Bertz CT molecular complexity index is 204. The number of hydrogen-bond acceptors (Lipinski definition) is 3. The zero-order chi connectivity index (χ0) is 10.6. The molecule has 1 rings (SSSR count). The molecule has 4 heteroatoms. The van der Waals surface area contributed by atoms with Gasteiger partial charge in [0.1, 0.15) is 5.54 Å². The van der Waals surface area contributed by atoms with Gasteiger partial charge in [0.2, 0.25) is 0 Å². The van der Waals surface area contributed by atoms with Gasteiger partial charge < -0.3 is 9.84 Å². The Labute approximate surface area is 84.6 Å². The van der Waals surface area contributed by atoms with Crippen LogP contribution >= 0.6 is 0 Å². The first-order chi connectivity index (χ1) is 6.67. The maximum Gasteiger partial charge on any atom is 0.326 e. The molecule has 0 aromatic rings. The topological polar surface area (TPSA) is 58.6 Å². The van der Waals surface area contributed by atoms with E-state index in [1.165, 1.54) is 0 Å². The Morgan fingerprint density at radius 2 is 2.21 bits per heavy atom. The molecule has 1 atom stereocenters. The molecule has 1 fully saturated rings. The third-order valence-electron chi connectivity index (χ3n) is 2.68. The minimum absolute atomic E-state index is 0.242. The van der Waals surface area contributed by atoms with Crippen molar-refractivity contribution in [2.75, 3.05) is 19.8 Å². The molecule has 0 bridgehead atoms.